The van der Waals surface area contributed by atoms with Crippen LogP contribution < -0.4 is 9.46 Å². The summed E-state index contributed by atoms with van der Waals surface area (Å²) in [5.74, 6) is 0.152. The summed E-state index contributed by atoms with van der Waals surface area (Å²) in [4.78, 5) is 7.34. The van der Waals surface area contributed by atoms with Gasteiger partial charge in [-0.3, -0.25) is 4.72 Å². The number of hydrogen-bond acceptors (Lipinski definition) is 5. The largest absolute Gasteiger partial charge is 0.495 e. The molecule has 21 heavy (non-hydrogen) atoms. The highest BCUT2D eigenvalue weighted by molar-refractivity contribution is 9.10. The second-order valence-electron chi connectivity index (χ2n) is 3.75. The third-order valence-electron chi connectivity index (χ3n) is 2.32. The van der Waals surface area contributed by atoms with Gasteiger partial charge in [-0.2, -0.15) is 4.98 Å². The Bertz CT molecular complexity index is 766. The van der Waals surface area contributed by atoms with Crippen LogP contribution in [0, 0.1) is 0 Å². The SMILES string of the molecule is COc1ccc(Br)cc1S(=O)(=O)Nc1cc(Cl)nc(Cl)n1. The Hall–Kier alpha value is -1.09. The lowest BCUT2D eigenvalue weighted by Crippen LogP contribution is -2.15. The molecule has 0 aliphatic rings. The van der Waals surface area contributed by atoms with Crippen LogP contribution in [-0.4, -0.2) is 25.5 Å². The van der Waals surface area contributed by atoms with Gasteiger partial charge in [-0.1, -0.05) is 27.5 Å². The molecule has 0 amide bonds. The summed E-state index contributed by atoms with van der Waals surface area (Å²) in [6.45, 7) is 0. The minimum absolute atomic E-state index is 0.0221. The third kappa shape index (κ3) is 3.97. The van der Waals surface area contributed by atoms with Crippen LogP contribution in [0.5, 0.6) is 5.75 Å². The van der Waals surface area contributed by atoms with Gasteiger partial charge in [-0.25, -0.2) is 13.4 Å². The molecule has 0 aliphatic carbocycles. The number of ether oxygens (including phenoxy) is 1. The van der Waals surface area contributed by atoms with Gasteiger partial charge in [0.05, 0.1) is 7.11 Å². The molecule has 0 unspecified atom stereocenters. The first-order chi connectivity index (χ1) is 9.81. The minimum Gasteiger partial charge on any atom is -0.495 e. The van der Waals surface area contributed by atoms with Crippen LogP contribution in [0.15, 0.2) is 33.6 Å². The van der Waals surface area contributed by atoms with Crippen molar-refractivity contribution in [2.45, 2.75) is 4.90 Å². The van der Waals surface area contributed by atoms with Crippen molar-refractivity contribution >= 4 is 55.0 Å². The van der Waals surface area contributed by atoms with Gasteiger partial charge < -0.3 is 4.74 Å². The monoisotopic (exact) mass is 411 g/mol. The maximum Gasteiger partial charge on any atom is 0.266 e. The highest BCUT2D eigenvalue weighted by atomic mass is 79.9. The lowest BCUT2D eigenvalue weighted by Gasteiger charge is -2.11. The smallest absolute Gasteiger partial charge is 0.266 e. The Morgan fingerprint density at radius 2 is 1.95 bits per heavy atom. The summed E-state index contributed by atoms with van der Waals surface area (Å²) in [5.41, 5.74) is 0. The maximum absolute atomic E-state index is 12.4. The second-order valence-corrected chi connectivity index (χ2v) is 7.04. The van der Waals surface area contributed by atoms with Crippen molar-refractivity contribution in [2.75, 3.05) is 11.8 Å². The Labute approximate surface area is 139 Å². The molecule has 10 heteroatoms. The highest BCUT2D eigenvalue weighted by Gasteiger charge is 2.21. The molecule has 1 aromatic carbocycles. The predicted molar refractivity (Wildman–Crippen MR) is 83.6 cm³/mol. The molecule has 1 aromatic heterocycles. The molecule has 1 N–H and O–H groups in total. The zero-order chi connectivity index (χ0) is 15.6. The zero-order valence-corrected chi connectivity index (χ0v) is 14.4. The summed E-state index contributed by atoms with van der Waals surface area (Å²) in [7, 11) is -2.55. The first-order valence-electron chi connectivity index (χ1n) is 5.38. The Morgan fingerprint density at radius 3 is 2.57 bits per heavy atom. The molecule has 0 aliphatic heterocycles. The Kier molecular flexibility index (Phi) is 4.92. The first kappa shape index (κ1) is 16.3. The number of benzene rings is 1. The number of sulfonamides is 1. The summed E-state index contributed by atoms with van der Waals surface area (Å²) in [6.07, 6.45) is 0. The number of nitrogens with one attached hydrogen (secondary N) is 1. The second kappa shape index (κ2) is 6.35. The average Bonchev–Trinajstić information content (AvgIpc) is 2.36. The minimum atomic E-state index is -3.92. The number of methoxy groups -OCH3 is 1. The maximum atomic E-state index is 12.4. The molecule has 2 aromatic rings. The molecule has 1 heterocycles. The summed E-state index contributed by atoms with van der Waals surface area (Å²) in [6, 6.07) is 5.84. The fourth-order valence-electron chi connectivity index (χ4n) is 1.50. The number of nitrogens with zero attached hydrogens (tertiary/aromatic N) is 2. The Morgan fingerprint density at radius 1 is 1.24 bits per heavy atom. The summed E-state index contributed by atoms with van der Waals surface area (Å²) in [5, 5.41) is -0.143. The van der Waals surface area contributed by atoms with E-state index in [4.69, 9.17) is 27.9 Å². The number of hydrogen-bond donors (Lipinski definition) is 1. The van der Waals surface area contributed by atoms with Crippen LogP contribution in [0.1, 0.15) is 0 Å². The van der Waals surface area contributed by atoms with Crippen molar-refractivity contribution in [2.24, 2.45) is 0 Å². The van der Waals surface area contributed by atoms with Crippen LogP contribution in [0.25, 0.3) is 0 Å². The van der Waals surface area contributed by atoms with E-state index in [1.807, 2.05) is 0 Å². The predicted octanol–water partition coefficient (Wildman–Crippen LogP) is 3.36. The fraction of sp³-hybridized carbons (Fsp3) is 0.0909. The molecular formula is C11H8BrCl2N3O3S. The van der Waals surface area contributed by atoms with Gasteiger partial charge in [-0.15, -0.1) is 0 Å². The van der Waals surface area contributed by atoms with Crippen molar-refractivity contribution in [1.82, 2.24) is 9.97 Å². The van der Waals surface area contributed by atoms with E-state index in [-0.39, 0.29) is 26.9 Å². The van der Waals surface area contributed by atoms with Crippen molar-refractivity contribution in [3.05, 3.63) is 39.2 Å². The topological polar surface area (TPSA) is 81.2 Å². The van der Waals surface area contributed by atoms with Crippen molar-refractivity contribution < 1.29 is 13.2 Å². The third-order valence-corrected chi connectivity index (χ3v) is 4.55. The molecule has 0 bridgehead atoms. The molecule has 112 valence electrons. The van der Waals surface area contributed by atoms with Gasteiger partial charge in [0.25, 0.3) is 10.0 Å². The van der Waals surface area contributed by atoms with E-state index in [1.165, 1.54) is 25.3 Å². The van der Waals surface area contributed by atoms with Gasteiger partial charge in [0, 0.05) is 10.5 Å². The molecule has 0 atom stereocenters. The highest BCUT2D eigenvalue weighted by Crippen LogP contribution is 2.29. The standard InChI is InChI=1S/C11H8BrCl2N3O3S/c1-20-7-3-2-6(12)4-8(7)21(18,19)17-10-5-9(13)15-11(14)16-10/h2-5H,1H3,(H,15,16,17). The van der Waals surface area contributed by atoms with E-state index in [1.54, 1.807) is 6.07 Å². The van der Waals surface area contributed by atoms with Crippen LogP contribution in [-0.2, 0) is 10.0 Å². The lowest BCUT2D eigenvalue weighted by molar-refractivity contribution is 0.403. The molecule has 0 radical (unpaired) electrons. The van der Waals surface area contributed by atoms with Gasteiger partial charge in [0.2, 0.25) is 5.28 Å². The van der Waals surface area contributed by atoms with E-state index in [0.29, 0.717) is 4.47 Å². The molecule has 6 nitrogen and oxygen atoms in total. The summed E-state index contributed by atoms with van der Waals surface area (Å²) < 4.78 is 32.7. The van der Waals surface area contributed by atoms with E-state index < -0.39 is 10.0 Å². The Balaban J connectivity index is 2.45. The van der Waals surface area contributed by atoms with Gasteiger partial charge in [-0.05, 0) is 29.8 Å². The number of aromatic nitrogens is 2. The van der Waals surface area contributed by atoms with Crippen LogP contribution in [0.4, 0.5) is 5.82 Å². The van der Waals surface area contributed by atoms with Crippen molar-refractivity contribution in [3.8, 4) is 5.75 Å². The van der Waals surface area contributed by atoms with E-state index in [2.05, 4.69) is 30.6 Å². The van der Waals surface area contributed by atoms with Crippen LogP contribution >= 0.6 is 39.1 Å². The zero-order valence-electron chi connectivity index (χ0n) is 10.5. The van der Waals surface area contributed by atoms with E-state index in [9.17, 15) is 8.42 Å². The molecule has 2 rings (SSSR count). The summed E-state index contributed by atoms with van der Waals surface area (Å²) >= 11 is 14.6. The molecular weight excluding hydrogens is 405 g/mol. The normalized spacial score (nSPS) is 11.2. The van der Waals surface area contributed by atoms with E-state index in [0.717, 1.165) is 0 Å². The van der Waals surface area contributed by atoms with Crippen LogP contribution in [0.2, 0.25) is 10.4 Å². The number of anilines is 1. The van der Waals surface area contributed by atoms with Gasteiger partial charge in [0.1, 0.15) is 21.6 Å². The van der Waals surface area contributed by atoms with Crippen molar-refractivity contribution in [3.63, 3.8) is 0 Å². The van der Waals surface area contributed by atoms with Gasteiger partial charge in [0.15, 0.2) is 0 Å². The fourth-order valence-corrected chi connectivity index (χ4v) is 3.60. The number of rotatable bonds is 4. The molecule has 0 saturated carbocycles. The van der Waals surface area contributed by atoms with E-state index >= 15 is 0 Å². The average molecular weight is 413 g/mol. The first-order valence-corrected chi connectivity index (χ1v) is 8.41. The van der Waals surface area contributed by atoms with Crippen molar-refractivity contribution in [1.29, 1.82) is 0 Å². The quantitative estimate of drug-likeness (QED) is 0.615. The van der Waals surface area contributed by atoms with Crippen LogP contribution in [0.3, 0.4) is 0 Å². The number of halogens is 3. The molecule has 0 spiro atoms. The molecule has 0 saturated heterocycles. The van der Waals surface area contributed by atoms with Gasteiger partial charge >= 0.3 is 0 Å². The molecule has 0 fully saturated rings. The lowest BCUT2D eigenvalue weighted by atomic mass is 10.3.